The van der Waals surface area contributed by atoms with Crippen LogP contribution < -0.4 is 5.32 Å². The molecule has 0 aliphatic carbocycles. The van der Waals surface area contributed by atoms with Crippen LogP contribution in [0.2, 0.25) is 0 Å². The van der Waals surface area contributed by atoms with Gasteiger partial charge in [0.25, 0.3) is 0 Å². The van der Waals surface area contributed by atoms with Gasteiger partial charge < -0.3 is 5.32 Å². The summed E-state index contributed by atoms with van der Waals surface area (Å²) in [4.78, 5) is 22.8. The Balaban J connectivity index is 0. The van der Waals surface area contributed by atoms with Gasteiger partial charge in [0.2, 0.25) is 5.91 Å². The highest BCUT2D eigenvalue weighted by atomic mass is 16.1. The number of carbonyl (C=O) groups is 2. The molecule has 0 aliphatic rings. The van der Waals surface area contributed by atoms with E-state index in [4.69, 9.17) is 0 Å². The Labute approximate surface area is 107 Å². The van der Waals surface area contributed by atoms with Crippen LogP contribution in [0.1, 0.15) is 67.6 Å². The topological polar surface area (TPSA) is 46.2 Å². The molecule has 1 amide bonds. The molecular weight excluding hydrogens is 214 g/mol. The standard InChI is InChI=1S/C14H27NO2.H2/c1-5-13(17)15-11-9-7-8-10-12(16)14(3,4)6-2;/h5-11H2,1-4H3,(H,15,17);1H. The first-order valence-corrected chi connectivity index (χ1v) is 6.74. The molecule has 0 aromatic carbocycles. The van der Waals surface area contributed by atoms with Crippen molar-refractivity contribution in [1.29, 1.82) is 0 Å². The minimum atomic E-state index is -0.170. The van der Waals surface area contributed by atoms with Crippen molar-refractivity contribution in [3.05, 3.63) is 0 Å². The first-order chi connectivity index (χ1) is 7.94. The lowest BCUT2D eigenvalue weighted by atomic mass is 9.83. The van der Waals surface area contributed by atoms with Gasteiger partial charge in [0.05, 0.1) is 0 Å². The lowest BCUT2D eigenvalue weighted by molar-refractivity contribution is -0.127. The Morgan fingerprint density at radius 1 is 1.12 bits per heavy atom. The summed E-state index contributed by atoms with van der Waals surface area (Å²) in [5.41, 5.74) is -0.170. The molecule has 0 aromatic rings. The van der Waals surface area contributed by atoms with Crippen molar-refractivity contribution in [1.82, 2.24) is 5.32 Å². The second-order valence-electron chi connectivity index (χ2n) is 5.17. The first kappa shape index (κ1) is 16.1. The highest BCUT2D eigenvalue weighted by Crippen LogP contribution is 2.23. The van der Waals surface area contributed by atoms with E-state index in [0.717, 1.165) is 32.2 Å². The van der Waals surface area contributed by atoms with Crippen LogP contribution in [0.5, 0.6) is 0 Å². The van der Waals surface area contributed by atoms with E-state index in [9.17, 15) is 9.59 Å². The molecule has 0 aromatic heterocycles. The molecule has 0 bridgehead atoms. The van der Waals surface area contributed by atoms with Crippen LogP contribution in [0.3, 0.4) is 0 Å². The third-order valence-corrected chi connectivity index (χ3v) is 3.36. The monoisotopic (exact) mass is 243 g/mol. The van der Waals surface area contributed by atoms with Gasteiger partial charge in [-0.15, -0.1) is 0 Å². The molecule has 0 saturated carbocycles. The van der Waals surface area contributed by atoms with Crippen LogP contribution in [0.4, 0.5) is 0 Å². The van der Waals surface area contributed by atoms with Crippen molar-refractivity contribution in [2.75, 3.05) is 6.54 Å². The fraction of sp³-hybridized carbons (Fsp3) is 0.857. The average molecular weight is 243 g/mol. The average Bonchev–Trinajstić information content (AvgIpc) is 2.32. The zero-order chi connectivity index (χ0) is 13.3. The molecule has 0 rings (SSSR count). The van der Waals surface area contributed by atoms with Crippen molar-refractivity contribution in [3.63, 3.8) is 0 Å². The number of nitrogens with one attached hydrogen (secondary N) is 1. The summed E-state index contributed by atoms with van der Waals surface area (Å²) in [7, 11) is 0. The van der Waals surface area contributed by atoms with Crippen LogP contribution in [-0.4, -0.2) is 18.2 Å². The maximum Gasteiger partial charge on any atom is 0.219 e. The Bertz CT molecular complexity index is 252. The SMILES string of the molecule is CCC(=O)NCCCCCC(=O)C(C)(C)CC.[HH]. The molecule has 0 saturated heterocycles. The van der Waals surface area contributed by atoms with Crippen LogP contribution >= 0.6 is 0 Å². The van der Waals surface area contributed by atoms with Crippen molar-refractivity contribution in [2.24, 2.45) is 5.41 Å². The fourth-order valence-corrected chi connectivity index (χ4v) is 1.48. The number of ketones is 1. The highest BCUT2D eigenvalue weighted by Gasteiger charge is 2.23. The molecule has 3 nitrogen and oxygen atoms in total. The number of hydrogen-bond acceptors (Lipinski definition) is 2. The number of rotatable bonds is 9. The summed E-state index contributed by atoms with van der Waals surface area (Å²) >= 11 is 0. The Morgan fingerprint density at radius 2 is 1.76 bits per heavy atom. The predicted molar refractivity (Wildman–Crippen MR) is 73.0 cm³/mol. The van der Waals surface area contributed by atoms with Crippen LogP contribution in [-0.2, 0) is 9.59 Å². The number of unbranched alkanes of at least 4 members (excludes halogenated alkanes) is 2. The maximum atomic E-state index is 11.8. The summed E-state index contributed by atoms with van der Waals surface area (Å²) in [5.74, 6) is 0.464. The second kappa shape index (κ2) is 8.26. The highest BCUT2D eigenvalue weighted by molar-refractivity contribution is 5.83. The van der Waals surface area contributed by atoms with Crippen LogP contribution in [0, 0.1) is 5.41 Å². The summed E-state index contributed by atoms with van der Waals surface area (Å²) in [6.07, 6.45) is 5.02. The molecule has 0 heterocycles. The summed E-state index contributed by atoms with van der Waals surface area (Å²) in [6, 6.07) is 0. The Hall–Kier alpha value is -0.860. The lowest BCUT2D eigenvalue weighted by Crippen LogP contribution is -2.24. The van der Waals surface area contributed by atoms with E-state index >= 15 is 0 Å². The summed E-state index contributed by atoms with van der Waals surface area (Å²) in [6.45, 7) is 8.66. The van der Waals surface area contributed by atoms with Gasteiger partial charge in [-0.25, -0.2) is 0 Å². The van der Waals surface area contributed by atoms with Gasteiger partial charge in [-0.05, 0) is 19.3 Å². The van der Waals surface area contributed by atoms with E-state index in [0.29, 0.717) is 18.6 Å². The normalized spacial score (nSPS) is 11.3. The Kier molecular flexibility index (Phi) is 7.85. The molecule has 102 valence electrons. The zero-order valence-electron chi connectivity index (χ0n) is 11.8. The number of hydrogen-bond donors (Lipinski definition) is 1. The zero-order valence-corrected chi connectivity index (χ0v) is 11.8. The van der Waals surface area contributed by atoms with Crippen LogP contribution in [0.15, 0.2) is 0 Å². The van der Waals surface area contributed by atoms with Gasteiger partial charge in [-0.2, -0.15) is 0 Å². The molecule has 1 N–H and O–H groups in total. The minimum Gasteiger partial charge on any atom is -0.356 e. The predicted octanol–water partition coefficient (Wildman–Crippen LogP) is 3.32. The smallest absolute Gasteiger partial charge is 0.219 e. The number of amides is 1. The van der Waals surface area contributed by atoms with E-state index in [2.05, 4.69) is 12.2 Å². The van der Waals surface area contributed by atoms with E-state index in [1.54, 1.807) is 0 Å². The van der Waals surface area contributed by atoms with Gasteiger partial charge in [0, 0.05) is 26.2 Å². The molecule has 0 unspecified atom stereocenters. The fourth-order valence-electron chi connectivity index (χ4n) is 1.48. The molecule has 0 aliphatic heterocycles. The van der Waals surface area contributed by atoms with Gasteiger partial charge in [-0.1, -0.05) is 34.1 Å². The van der Waals surface area contributed by atoms with Crippen LogP contribution in [0.25, 0.3) is 0 Å². The summed E-state index contributed by atoms with van der Waals surface area (Å²) in [5, 5.41) is 2.84. The molecule has 0 radical (unpaired) electrons. The van der Waals surface area contributed by atoms with Crippen molar-refractivity contribution >= 4 is 11.7 Å². The van der Waals surface area contributed by atoms with Crippen molar-refractivity contribution < 1.29 is 11.0 Å². The third kappa shape index (κ3) is 7.14. The lowest BCUT2D eigenvalue weighted by Gasteiger charge is -2.20. The molecule has 0 spiro atoms. The van der Waals surface area contributed by atoms with E-state index in [-0.39, 0.29) is 12.7 Å². The molecular formula is C14H29NO2. The van der Waals surface area contributed by atoms with Gasteiger partial charge in [0.15, 0.2) is 0 Å². The van der Waals surface area contributed by atoms with E-state index < -0.39 is 0 Å². The number of Topliss-reactive ketones (excluding diaryl/α,β-unsaturated/α-hetero) is 1. The molecule has 17 heavy (non-hydrogen) atoms. The first-order valence-electron chi connectivity index (χ1n) is 6.74. The van der Waals surface area contributed by atoms with Gasteiger partial charge >= 0.3 is 0 Å². The van der Waals surface area contributed by atoms with Crippen molar-refractivity contribution in [2.45, 2.75) is 66.2 Å². The minimum absolute atomic E-state index is 0. The van der Waals surface area contributed by atoms with E-state index in [1.165, 1.54) is 0 Å². The summed E-state index contributed by atoms with van der Waals surface area (Å²) < 4.78 is 0. The quantitative estimate of drug-likeness (QED) is 0.631. The maximum absolute atomic E-state index is 11.8. The molecule has 3 heteroatoms. The Morgan fingerprint density at radius 3 is 2.29 bits per heavy atom. The second-order valence-corrected chi connectivity index (χ2v) is 5.17. The third-order valence-electron chi connectivity index (χ3n) is 3.36. The molecule has 0 atom stereocenters. The van der Waals surface area contributed by atoms with E-state index in [1.807, 2.05) is 20.8 Å². The van der Waals surface area contributed by atoms with Gasteiger partial charge in [0.1, 0.15) is 5.78 Å². The largest absolute Gasteiger partial charge is 0.356 e. The molecule has 0 fully saturated rings. The van der Waals surface area contributed by atoms with Crippen molar-refractivity contribution in [3.8, 4) is 0 Å². The number of carbonyl (C=O) groups excluding carboxylic acids is 2. The van der Waals surface area contributed by atoms with Gasteiger partial charge in [-0.3, -0.25) is 9.59 Å².